The van der Waals surface area contributed by atoms with E-state index in [2.05, 4.69) is 16.6 Å². The molecule has 1 rings (SSSR count). The molecule has 1 N–H and O–H groups in total. The number of thioether (sulfide) groups is 1. The lowest BCUT2D eigenvalue weighted by atomic mass is 10.00. The third-order valence-electron chi connectivity index (χ3n) is 4.59. The van der Waals surface area contributed by atoms with Crippen molar-refractivity contribution in [1.29, 1.82) is 0 Å². The van der Waals surface area contributed by atoms with Gasteiger partial charge in [-0.3, -0.25) is 9.59 Å². The van der Waals surface area contributed by atoms with Gasteiger partial charge in [-0.1, -0.05) is 26.0 Å². The molecule has 1 aliphatic rings. The predicted octanol–water partition coefficient (Wildman–Crippen LogP) is 3.02. The van der Waals surface area contributed by atoms with Crippen LogP contribution in [-0.2, 0) is 14.3 Å². The van der Waals surface area contributed by atoms with Gasteiger partial charge in [-0.05, 0) is 24.5 Å². The number of aliphatic hydroxyl groups excluding tert-OH is 1. The first kappa shape index (κ1) is 23.6. The van der Waals surface area contributed by atoms with Crippen molar-refractivity contribution in [3.05, 3.63) is 12.2 Å². The molecule has 0 unspecified atom stereocenters. The molecule has 5 nitrogen and oxygen atoms in total. The van der Waals surface area contributed by atoms with Gasteiger partial charge in [0.05, 0.1) is 19.3 Å². The second kappa shape index (κ2) is 13.7. The first-order chi connectivity index (χ1) is 13.0. The monoisotopic (exact) mass is 395 g/mol. The molecule has 1 saturated heterocycles. The molecule has 0 spiro atoms. The molecule has 0 aliphatic carbocycles. The van der Waals surface area contributed by atoms with Gasteiger partial charge in [0.25, 0.3) is 0 Å². The lowest BCUT2D eigenvalue weighted by Crippen LogP contribution is -2.34. The van der Waals surface area contributed by atoms with Crippen LogP contribution in [0.5, 0.6) is 0 Å². The first-order valence-corrected chi connectivity index (χ1v) is 10.9. The van der Waals surface area contributed by atoms with E-state index in [0.29, 0.717) is 25.8 Å². The number of nitrogens with zero attached hydrogens (tertiary/aromatic N) is 1. The molecule has 0 bridgehead atoms. The van der Waals surface area contributed by atoms with E-state index in [1.165, 1.54) is 7.11 Å². The quantitative estimate of drug-likeness (QED) is 0.252. The van der Waals surface area contributed by atoms with Crippen molar-refractivity contribution in [1.82, 2.24) is 4.90 Å². The first-order valence-electron chi connectivity index (χ1n) is 9.75. The standard InChI is InChI=1S/C21H33NO4S/c1-4-5-6-8-17(2)19(23)12-10-18-11-13-20(24)22(18)14-16-27-15-7-9-21(25)26-3/h10,12,17-19,23H,4,7-9,11,13-16H2,1-3H3/b12-10+/t17-,18-,19+/m0/s1. The third kappa shape index (κ3) is 9.34. The topological polar surface area (TPSA) is 66.8 Å². The molecule has 1 heterocycles. The lowest BCUT2D eigenvalue weighted by Gasteiger charge is -2.23. The minimum Gasteiger partial charge on any atom is -0.469 e. The molecule has 3 atom stereocenters. The van der Waals surface area contributed by atoms with E-state index in [1.807, 2.05) is 30.9 Å². The molecule has 152 valence electrons. The third-order valence-corrected chi connectivity index (χ3v) is 5.64. The lowest BCUT2D eigenvalue weighted by molar-refractivity contribution is -0.140. The molecule has 0 aromatic rings. The van der Waals surface area contributed by atoms with Crippen LogP contribution in [0.15, 0.2) is 12.2 Å². The summed E-state index contributed by atoms with van der Waals surface area (Å²) < 4.78 is 4.62. The van der Waals surface area contributed by atoms with Crippen LogP contribution in [0.1, 0.15) is 52.4 Å². The fraction of sp³-hybridized carbons (Fsp3) is 0.714. The average molecular weight is 396 g/mol. The maximum atomic E-state index is 12.1. The highest BCUT2D eigenvalue weighted by atomic mass is 32.2. The number of carbonyl (C=O) groups excluding carboxylic acids is 2. The molecular weight excluding hydrogens is 362 g/mol. The summed E-state index contributed by atoms with van der Waals surface area (Å²) in [6.07, 6.45) is 7.36. The molecule has 1 amide bonds. The molecule has 6 heteroatoms. The minimum atomic E-state index is -0.540. The number of carbonyl (C=O) groups is 2. The minimum absolute atomic E-state index is 0.0664. The number of aliphatic hydroxyl groups is 1. The van der Waals surface area contributed by atoms with Gasteiger partial charge < -0.3 is 14.7 Å². The Labute approximate surface area is 167 Å². The van der Waals surface area contributed by atoms with Gasteiger partial charge in [0.1, 0.15) is 0 Å². The second-order valence-corrected chi connectivity index (χ2v) is 7.97. The highest BCUT2D eigenvalue weighted by Crippen LogP contribution is 2.21. The Kier molecular flexibility index (Phi) is 12.0. The van der Waals surface area contributed by atoms with Crippen molar-refractivity contribution < 1.29 is 19.4 Å². The van der Waals surface area contributed by atoms with Gasteiger partial charge in [0, 0.05) is 38.0 Å². The molecule has 0 radical (unpaired) electrons. The normalized spacial score (nSPS) is 19.0. The summed E-state index contributed by atoms with van der Waals surface area (Å²) in [4.78, 5) is 25.1. The fourth-order valence-corrected chi connectivity index (χ4v) is 3.72. The summed E-state index contributed by atoms with van der Waals surface area (Å²) in [6.45, 7) is 4.70. The number of esters is 1. The Morgan fingerprint density at radius 1 is 1.44 bits per heavy atom. The van der Waals surface area contributed by atoms with Gasteiger partial charge >= 0.3 is 5.97 Å². The summed E-state index contributed by atoms with van der Waals surface area (Å²) in [5.74, 6) is 7.91. The van der Waals surface area contributed by atoms with Gasteiger partial charge in [-0.15, -0.1) is 11.8 Å². The molecule has 27 heavy (non-hydrogen) atoms. The van der Waals surface area contributed by atoms with Gasteiger partial charge in [0.2, 0.25) is 5.91 Å². The van der Waals surface area contributed by atoms with E-state index in [1.54, 1.807) is 11.8 Å². The number of hydrogen-bond donors (Lipinski definition) is 1. The van der Waals surface area contributed by atoms with Crippen molar-refractivity contribution in [3.63, 3.8) is 0 Å². The predicted molar refractivity (Wildman–Crippen MR) is 110 cm³/mol. The van der Waals surface area contributed by atoms with Crippen LogP contribution in [0, 0.1) is 17.8 Å². The van der Waals surface area contributed by atoms with Gasteiger partial charge in [-0.25, -0.2) is 0 Å². The van der Waals surface area contributed by atoms with Crippen molar-refractivity contribution in [3.8, 4) is 11.8 Å². The van der Waals surface area contributed by atoms with E-state index in [9.17, 15) is 14.7 Å². The highest BCUT2D eigenvalue weighted by Gasteiger charge is 2.28. The zero-order chi connectivity index (χ0) is 20.1. The summed E-state index contributed by atoms with van der Waals surface area (Å²) in [5.41, 5.74) is 0. The second-order valence-electron chi connectivity index (χ2n) is 6.75. The maximum absolute atomic E-state index is 12.1. The van der Waals surface area contributed by atoms with Gasteiger partial charge in [-0.2, -0.15) is 11.8 Å². The molecule has 0 saturated carbocycles. The van der Waals surface area contributed by atoms with Crippen LogP contribution in [0.25, 0.3) is 0 Å². The molecule has 0 aromatic heterocycles. The number of methoxy groups -OCH3 is 1. The summed E-state index contributed by atoms with van der Waals surface area (Å²) >= 11 is 1.75. The van der Waals surface area contributed by atoms with Crippen LogP contribution >= 0.6 is 11.8 Å². The Balaban J connectivity index is 2.37. The van der Waals surface area contributed by atoms with Crippen molar-refractivity contribution in [2.45, 2.75) is 64.5 Å². The van der Waals surface area contributed by atoms with E-state index in [-0.39, 0.29) is 23.8 Å². The molecular formula is C21H33NO4S. The molecule has 0 aromatic carbocycles. The van der Waals surface area contributed by atoms with E-state index >= 15 is 0 Å². The summed E-state index contributed by atoms with van der Waals surface area (Å²) in [6, 6.07) is 0.0664. The van der Waals surface area contributed by atoms with Crippen molar-refractivity contribution in [2.24, 2.45) is 5.92 Å². The molecule has 1 fully saturated rings. The van der Waals surface area contributed by atoms with E-state index in [4.69, 9.17) is 0 Å². The highest BCUT2D eigenvalue weighted by molar-refractivity contribution is 7.99. The van der Waals surface area contributed by atoms with Crippen LogP contribution in [-0.4, -0.2) is 59.2 Å². The molecule has 1 aliphatic heterocycles. The fourth-order valence-electron chi connectivity index (χ4n) is 2.84. The smallest absolute Gasteiger partial charge is 0.305 e. The Morgan fingerprint density at radius 2 is 2.22 bits per heavy atom. The number of hydrogen-bond acceptors (Lipinski definition) is 5. The number of likely N-dealkylation sites (tertiary alicyclic amines) is 1. The Morgan fingerprint density at radius 3 is 2.93 bits per heavy atom. The van der Waals surface area contributed by atoms with Crippen LogP contribution in [0.2, 0.25) is 0 Å². The maximum Gasteiger partial charge on any atom is 0.305 e. The number of rotatable bonds is 11. The zero-order valence-electron chi connectivity index (χ0n) is 16.8. The number of amides is 1. The Bertz CT molecular complexity index is 552. The van der Waals surface area contributed by atoms with Crippen LogP contribution in [0.3, 0.4) is 0 Å². The average Bonchev–Trinajstić information content (AvgIpc) is 3.02. The summed E-state index contributed by atoms with van der Waals surface area (Å²) in [5, 5.41) is 10.3. The number of ether oxygens (including phenoxy) is 1. The van der Waals surface area contributed by atoms with E-state index in [0.717, 1.165) is 30.8 Å². The van der Waals surface area contributed by atoms with Crippen molar-refractivity contribution >= 4 is 23.6 Å². The van der Waals surface area contributed by atoms with Gasteiger partial charge in [0.15, 0.2) is 0 Å². The largest absolute Gasteiger partial charge is 0.469 e. The van der Waals surface area contributed by atoms with Crippen molar-refractivity contribution in [2.75, 3.05) is 25.2 Å². The van der Waals surface area contributed by atoms with Crippen LogP contribution < -0.4 is 0 Å². The SMILES string of the molecule is CCC#CC[C@H](C)[C@H](O)/C=C/[C@H]1CCC(=O)N1CCSCCCC(=O)OC. The zero-order valence-corrected chi connectivity index (χ0v) is 17.6. The Hall–Kier alpha value is -1.45. The van der Waals surface area contributed by atoms with Crippen LogP contribution in [0.4, 0.5) is 0 Å². The van der Waals surface area contributed by atoms with E-state index < -0.39 is 6.10 Å². The summed E-state index contributed by atoms with van der Waals surface area (Å²) in [7, 11) is 1.40.